The van der Waals surface area contributed by atoms with Gasteiger partial charge in [0.15, 0.2) is 0 Å². The summed E-state index contributed by atoms with van der Waals surface area (Å²) in [7, 11) is -3.54. The number of carbonyl (C=O) groups excluding carboxylic acids is 1. The molecule has 0 heterocycles. The quantitative estimate of drug-likeness (QED) is 0.610. The predicted octanol–water partition coefficient (Wildman–Crippen LogP) is 1.96. The molecule has 0 aliphatic rings. The molecule has 1 amide bonds. The van der Waals surface area contributed by atoms with Gasteiger partial charge in [0.2, 0.25) is 5.91 Å². The molecular weight excluding hydrogens is 226 g/mol. The van der Waals surface area contributed by atoms with Crippen LogP contribution in [0.15, 0.2) is 0 Å². The van der Waals surface area contributed by atoms with E-state index in [9.17, 15) is 9.59 Å². The van der Waals surface area contributed by atoms with Crippen LogP contribution in [0.5, 0.6) is 0 Å². The maximum absolute atomic E-state index is 11.9. The Hall–Kier alpha value is -0.626. The standard InChI is InChI=1S/C9H21NO3Si2/c1-14(2,3)10(15(4,5)6)8(11)7-9(12)13/h7H2,1-6H3,(H,12,13). The van der Waals surface area contributed by atoms with E-state index in [1.54, 1.807) is 0 Å². The molecule has 0 saturated carbocycles. The Morgan fingerprint density at radius 1 is 1.00 bits per heavy atom. The van der Waals surface area contributed by atoms with Crippen molar-refractivity contribution in [1.29, 1.82) is 0 Å². The summed E-state index contributed by atoms with van der Waals surface area (Å²) in [6.45, 7) is 12.4. The molecule has 88 valence electrons. The van der Waals surface area contributed by atoms with Crippen molar-refractivity contribution in [1.82, 2.24) is 4.23 Å². The zero-order valence-electron chi connectivity index (χ0n) is 10.4. The average molecular weight is 247 g/mol. The van der Waals surface area contributed by atoms with Crippen molar-refractivity contribution < 1.29 is 14.7 Å². The number of rotatable bonds is 4. The van der Waals surface area contributed by atoms with E-state index in [1.807, 2.05) is 4.23 Å². The maximum atomic E-state index is 11.9. The van der Waals surface area contributed by atoms with Gasteiger partial charge in [-0.2, -0.15) is 0 Å². The second kappa shape index (κ2) is 4.48. The van der Waals surface area contributed by atoms with Gasteiger partial charge in [-0.15, -0.1) is 0 Å². The van der Waals surface area contributed by atoms with E-state index in [-0.39, 0.29) is 12.3 Å². The summed E-state index contributed by atoms with van der Waals surface area (Å²) >= 11 is 0. The first-order chi connectivity index (χ1) is 6.46. The summed E-state index contributed by atoms with van der Waals surface area (Å²) < 4.78 is 1.90. The first-order valence-electron chi connectivity index (χ1n) is 5.01. The minimum atomic E-state index is -1.77. The van der Waals surface area contributed by atoms with E-state index in [4.69, 9.17) is 5.11 Å². The Kier molecular flexibility index (Phi) is 4.30. The first kappa shape index (κ1) is 14.4. The summed E-state index contributed by atoms with van der Waals surface area (Å²) in [6.07, 6.45) is -0.380. The Morgan fingerprint density at radius 2 is 1.33 bits per heavy atom. The van der Waals surface area contributed by atoms with Crippen molar-refractivity contribution in [3.8, 4) is 0 Å². The summed E-state index contributed by atoms with van der Waals surface area (Å²) in [6, 6.07) is 0. The number of hydrogen-bond donors (Lipinski definition) is 1. The van der Waals surface area contributed by atoms with Crippen LogP contribution in [0.1, 0.15) is 6.42 Å². The highest BCUT2D eigenvalue weighted by molar-refractivity contribution is 6.92. The van der Waals surface area contributed by atoms with Crippen LogP contribution in [0.4, 0.5) is 0 Å². The molecule has 0 aliphatic carbocycles. The molecule has 0 saturated heterocycles. The van der Waals surface area contributed by atoms with Gasteiger partial charge in [0.1, 0.15) is 22.9 Å². The number of aliphatic carboxylic acids is 1. The second-order valence-electron chi connectivity index (χ2n) is 5.64. The van der Waals surface area contributed by atoms with Crippen LogP contribution in [0.25, 0.3) is 0 Å². The van der Waals surface area contributed by atoms with Gasteiger partial charge in [0.25, 0.3) is 0 Å². The molecule has 0 bridgehead atoms. The van der Waals surface area contributed by atoms with Crippen LogP contribution >= 0.6 is 0 Å². The van der Waals surface area contributed by atoms with Crippen LogP contribution in [0, 0.1) is 0 Å². The van der Waals surface area contributed by atoms with Crippen molar-refractivity contribution in [3.05, 3.63) is 0 Å². The lowest BCUT2D eigenvalue weighted by atomic mass is 10.4. The number of carboxylic acids is 1. The molecular formula is C9H21NO3Si2. The molecule has 0 aliphatic heterocycles. The van der Waals surface area contributed by atoms with Crippen LogP contribution in [0.3, 0.4) is 0 Å². The van der Waals surface area contributed by atoms with Crippen molar-refractivity contribution in [3.63, 3.8) is 0 Å². The van der Waals surface area contributed by atoms with E-state index in [0.717, 1.165) is 0 Å². The molecule has 0 aromatic rings. The summed E-state index contributed by atoms with van der Waals surface area (Å²) in [5.74, 6) is -1.26. The van der Waals surface area contributed by atoms with Crippen molar-refractivity contribution in [2.45, 2.75) is 45.7 Å². The normalized spacial score (nSPS) is 12.4. The van der Waals surface area contributed by atoms with Crippen LogP contribution in [-0.4, -0.2) is 37.7 Å². The van der Waals surface area contributed by atoms with Crippen LogP contribution in [0.2, 0.25) is 39.3 Å². The lowest BCUT2D eigenvalue weighted by Gasteiger charge is -2.43. The van der Waals surface area contributed by atoms with Crippen molar-refractivity contribution in [2.75, 3.05) is 0 Å². The minimum Gasteiger partial charge on any atom is -0.481 e. The molecule has 0 atom stereocenters. The lowest BCUT2D eigenvalue weighted by molar-refractivity contribution is -0.141. The topological polar surface area (TPSA) is 57.6 Å². The van der Waals surface area contributed by atoms with Crippen LogP contribution < -0.4 is 0 Å². The Morgan fingerprint density at radius 3 is 1.53 bits per heavy atom. The molecule has 0 unspecified atom stereocenters. The second-order valence-corrected chi connectivity index (χ2v) is 15.7. The molecule has 0 aromatic carbocycles. The lowest BCUT2D eigenvalue weighted by Crippen LogP contribution is -2.61. The van der Waals surface area contributed by atoms with E-state index in [0.29, 0.717) is 0 Å². The van der Waals surface area contributed by atoms with Gasteiger partial charge in [-0.05, 0) is 0 Å². The molecule has 0 rings (SSSR count). The van der Waals surface area contributed by atoms with E-state index in [1.165, 1.54) is 0 Å². The largest absolute Gasteiger partial charge is 0.481 e. The minimum absolute atomic E-state index is 0.221. The highest BCUT2D eigenvalue weighted by Crippen LogP contribution is 2.20. The number of hydrogen-bond acceptors (Lipinski definition) is 2. The van der Waals surface area contributed by atoms with Gasteiger partial charge in [-0.3, -0.25) is 9.59 Å². The number of amides is 1. The van der Waals surface area contributed by atoms with E-state index >= 15 is 0 Å². The molecule has 0 radical (unpaired) electrons. The fourth-order valence-electron chi connectivity index (χ4n) is 1.96. The zero-order chi connectivity index (χ0) is 12.4. The first-order valence-corrected chi connectivity index (χ1v) is 11.9. The molecule has 0 spiro atoms. The molecule has 15 heavy (non-hydrogen) atoms. The van der Waals surface area contributed by atoms with Gasteiger partial charge in [-0.25, -0.2) is 0 Å². The van der Waals surface area contributed by atoms with Gasteiger partial charge in [-0.1, -0.05) is 39.3 Å². The number of carboxylic acid groups (broad SMARTS) is 1. The van der Waals surface area contributed by atoms with Gasteiger partial charge >= 0.3 is 5.97 Å². The van der Waals surface area contributed by atoms with Gasteiger partial charge in [0.05, 0.1) is 0 Å². The highest BCUT2D eigenvalue weighted by Gasteiger charge is 2.38. The van der Waals surface area contributed by atoms with Crippen LogP contribution in [-0.2, 0) is 9.59 Å². The highest BCUT2D eigenvalue weighted by atomic mass is 28.4. The van der Waals surface area contributed by atoms with E-state index < -0.39 is 22.4 Å². The third-order valence-corrected chi connectivity index (χ3v) is 9.10. The number of nitrogens with zero attached hydrogens (tertiary/aromatic N) is 1. The summed E-state index contributed by atoms with van der Waals surface area (Å²) in [4.78, 5) is 22.4. The monoisotopic (exact) mass is 247 g/mol. The zero-order valence-corrected chi connectivity index (χ0v) is 12.4. The van der Waals surface area contributed by atoms with Crippen molar-refractivity contribution >= 4 is 28.3 Å². The maximum Gasteiger partial charge on any atom is 0.312 e. The SMILES string of the molecule is C[Si](C)(C)N(C(=O)CC(=O)O)[Si](C)(C)C. The predicted molar refractivity (Wildman–Crippen MR) is 65.8 cm³/mol. The fraction of sp³-hybridized carbons (Fsp3) is 0.778. The summed E-state index contributed by atoms with van der Waals surface area (Å²) in [5.41, 5.74) is 0. The molecule has 6 heteroatoms. The smallest absolute Gasteiger partial charge is 0.312 e. The number of carbonyl (C=O) groups is 2. The molecule has 0 fully saturated rings. The molecule has 0 aromatic heterocycles. The summed E-state index contributed by atoms with van der Waals surface area (Å²) in [5, 5.41) is 8.65. The molecule has 1 N–H and O–H groups in total. The third-order valence-electron chi connectivity index (χ3n) is 1.89. The Bertz CT molecular complexity index is 252. The Balaban J connectivity index is 4.98. The van der Waals surface area contributed by atoms with E-state index in [2.05, 4.69) is 39.3 Å². The third kappa shape index (κ3) is 4.61. The van der Waals surface area contributed by atoms with Crippen molar-refractivity contribution in [2.24, 2.45) is 0 Å². The fourth-order valence-corrected chi connectivity index (χ4v) is 11.7. The van der Waals surface area contributed by atoms with Gasteiger partial charge < -0.3 is 9.34 Å². The molecule has 4 nitrogen and oxygen atoms in total. The Labute approximate surface area is 93.5 Å². The van der Waals surface area contributed by atoms with Gasteiger partial charge in [0, 0.05) is 0 Å². The average Bonchev–Trinajstić information content (AvgIpc) is 1.74.